The third-order valence-corrected chi connectivity index (χ3v) is 4.52. The quantitative estimate of drug-likeness (QED) is 0.857. The molecular formula is C18H20BNO4. The molecule has 0 amide bonds. The molecule has 124 valence electrons. The van der Waals surface area contributed by atoms with E-state index in [1.807, 2.05) is 30.6 Å². The van der Waals surface area contributed by atoms with Crippen LogP contribution in [0.2, 0.25) is 6.32 Å². The highest BCUT2D eigenvalue weighted by Crippen LogP contribution is 2.37. The Morgan fingerprint density at radius 3 is 2.75 bits per heavy atom. The zero-order valence-electron chi connectivity index (χ0n) is 13.6. The van der Waals surface area contributed by atoms with Crippen LogP contribution in [0.4, 0.5) is 0 Å². The van der Waals surface area contributed by atoms with Gasteiger partial charge in [0.2, 0.25) is 0 Å². The van der Waals surface area contributed by atoms with Crippen molar-refractivity contribution in [2.24, 2.45) is 0 Å². The van der Waals surface area contributed by atoms with E-state index in [0.717, 1.165) is 41.0 Å². The van der Waals surface area contributed by atoms with E-state index < -0.39 is 7.12 Å². The summed E-state index contributed by atoms with van der Waals surface area (Å²) in [5.41, 5.74) is 3.15. The lowest BCUT2D eigenvalue weighted by atomic mass is 9.80. The summed E-state index contributed by atoms with van der Waals surface area (Å²) in [5, 5.41) is 9.56. The van der Waals surface area contributed by atoms with Gasteiger partial charge >= 0.3 is 7.12 Å². The molecule has 1 aliphatic carbocycles. The number of rotatable bonds is 5. The molecule has 2 heterocycles. The van der Waals surface area contributed by atoms with Gasteiger partial charge in [-0.15, -0.1) is 0 Å². The van der Waals surface area contributed by atoms with Gasteiger partial charge in [0.05, 0.1) is 13.2 Å². The van der Waals surface area contributed by atoms with Crippen molar-refractivity contribution in [1.29, 1.82) is 0 Å². The van der Waals surface area contributed by atoms with E-state index in [1.165, 1.54) is 0 Å². The third-order valence-electron chi connectivity index (χ3n) is 4.52. The summed E-state index contributed by atoms with van der Waals surface area (Å²) in [5.74, 6) is 1.72. The number of hydrogen-bond acceptors (Lipinski definition) is 5. The van der Waals surface area contributed by atoms with Crippen LogP contribution in [-0.4, -0.2) is 36.9 Å². The van der Waals surface area contributed by atoms with Gasteiger partial charge in [0, 0.05) is 30.5 Å². The van der Waals surface area contributed by atoms with Crippen LogP contribution in [0.3, 0.4) is 0 Å². The maximum atomic E-state index is 9.56. The number of pyridine rings is 1. The van der Waals surface area contributed by atoms with Gasteiger partial charge in [0.1, 0.15) is 0 Å². The minimum absolute atomic E-state index is 0.188. The van der Waals surface area contributed by atoms with Crippen LogP contribution in [0.25, 0.3) is 11.1 Å². The van der Waals surface area contributed by atoms with Gasteiger partial charge in [-0.05, 0) is 48.5 Å². The van der Waals surface area contributed by atoms with Gasteiger partial charge in [-0.3, -0.25) is 4.98 Å². The molecule has 1 atom stereocenters. The summed E-state index contributed by atoms with van der Waals surface area (Å²) in [6.07, 6.45) is 6.84. The number of benzene rings is 1. The number of ether oxygens (including phenoxy) is 2. The first-order valence-electron chi connectivity index (χ1n) is 8.32. The van der Waals surface area contributed by atoms with Gasteiger partial charge in [0.15, 0.2) is 11.5 Å². The van der Waals surface area contributed by atoms with Crippen molar-refractivity contribution in [3.05, 3.63) is 42.2 Å². The van der Waals surface area contributed by atoms with Crippen molar-refractivity contribution < 1.29 is 19.2 Å². The Morgan fingerprint density at radius 1 is 1.17 bits per heavy atom. The number of aromatic nitrogens is 1. The molecule has 1 aromatic heterocycles. The molecule has 1 aromatic carbocycles. The number of methoxy groups -OCH3 is 1. The minimum Gasteiger partial charge on any atom is -0.493 e. The van der Waals surface area contributed by atoms with Gasteiger partial charge < -0.3 is 19.2 Å². The maximum Gasteiger partial charge on any atom is 0.454 e. The molecule has 1 N–H and O–H groups in total. The normalized spacial score (nSPS) is 20.2. The standard InChI is InChI=1S/C18H20BNO4/c1-22-17-5-2-12(7-18(17)24-16-3-4-16)13-6-14(10-20-9-13)15-8-19(21)23-11-15/h2,5-7,9-10,15-16,21H,3-4,8,11H2,1H3/t15-/m0/s1. The molecule has 2 aromatic rings. The molecule has 1 aliphatic heterocycles. The van der Waals surface area contributed by atoms with Crippen LogP contribution in [0.5, 0.6) is 11.5 Å². The van der Waals surface area contributed by atoms with Crippen LogP contribution in [0.15, 0.2) is 36.7 Å². The summed E-state index contributed by atoms with van der Waals surface area (Å²) in [6.45, 7) is 0.533. The molecule has 0 bridgehead atoms. The molecular weight excluding hydrogens is 305 g/mol. The van der Waals surface area contributed by atoms with Crippen LogP contribution in [0.1, 0.15) is 24.3 Å². The smallest absolute Gasteiger partial charge is 0.454 e. The Bertz CT molecular complexity index is 735. The topological polar surface area (TPSA) is 60.8 Å². The average Bonchev–Trinajstić information content (AvgIpc) is 3.32. The molecule has 2 aliphatic rings. The summed E-state index contributed by atoms with van der Waals surface area (Å²) < 4.78 is 16.6. The van der Waals surface area contributed by atoms with Crippen molar-refractivity contribution >= 4 is 7.12 Å². The van der Waals surface area contributed by atoms with E-state index in [2.05, 4.69) is 11.1 Å². The summed E-state index contributed by atoms with van der Waals surface area (Å²) in [6, 6.07) is 8.07. The molecule has 1 saturated carbocycles. The zero-order chi connectivity index (χ0) is 16.5. The SMILES string of the molecule is COc1ccc(-c2cncc([C@@H]3COB(O)C3)c2)cc1OC1CC1. The van der Waals surface area contributed by atoms with Crippen LogP contribution in [0, 0.1) is 0 Å². The Labute approximate surface area is 141 Å². The third kappa shape index (κ3) is 3.25. The fourth-order valence-electron chi connectivity index (χ4n) is 2.99. The second-order valence-corrected chi connectivity index (χ2v) is 6.41. The lowest BCUT2D eigenvalue weighted by molar-refractivity contribution is 0.282. The Hall–Kier alpha value is -2.05. The molecule has 24 heavy (non-hydrogen) atoms. The first kappa shape index (κ1) is 15.5. The lowest BCUT2D eigenvalue weighted by Crippen LogP contribution is -2.07. The van der Waals surface area contributed by atoms with Crippen LogP contribution >= 0.6 is 0 Å². The molecule has 4 rings (SSSR count). The summed E-state index contributed by atoms with van der Waals surface area (Å²) >= 11 is 0. The highest BCUT2D eigenvalue weighted by atomic mass is 16.5. The Balaban J connectivity index is 1.63. The van der Waals surface area contributed by atoms with Gasteiger partial charge in [0.25, 0.3) is 0 Å². The molecule has 6 heteroatoms. The zero-order valence-corrected chi connectivity index (χ0v) is 13.6. The largest absolute Gasteiger partial charge is 0.493 e. The van der Waals surface area contributed by atoms with E-state index in [0.29, 0.717) is 19.0 Å². The molecule has 1 saturated heterocycles. The molecule has 0 spiro atoms. The highest BCUT2D eigenvalue weighted by molar-refractivity contribution is 6.43. The van der Waals surface area contributed by atoms with Crippen molar-refractivity contribution in [3.63, 3.8) is 0 Å². The first-order chi connectivity index (χ1) is 11.7. The molecule has 0 unspecified atom stereocenters. The highest BCUT2D eigenvalue weighted by Gasteiger charge is 2.30. The van der Waals surface area contributed by atoms with Crippen molar-refractivity contribution in [1.82, 2.24) is 4.98 Å². The Morgan fingerprint density at radius 2 is 2.04 bits per heavy atom. The van der Waals surface area contributed by atoms with E-state index in [4.69, 9.17) is 14.1 Å². The predicted octanol–water partition coefficient (Wildman–Crippen LogP) is 2.89. The first-order valence-corrected chi connectivity index (χ1v) is 8.32. The molecule has 5 nitrogen and oxygen atoms in total. The summed E-state index contributed by atoms with van der Waals surface area (Å²) in [7, 11) is 0.987. The maximum absolute atomic E-state index is 9.56. The lowest BCUT2D eigenvalue weighted by Gasteiger charge is -2.13. The van der Waals surface area contributed by atoms with Gasteiger partial charge in [-0.2, -0.15) is 0 Å². The van der Waals surface area contributed by atoms with Gasteiger partial charge in [-0.25, -0.2) is 0 Å². The predicted molar refractivity (Wildman–Crippen MR) is 91.3 cm³/mol. The monoisotopic (exact) mass is 325 g/mol. The second kappa shape index (κ2) is 6.45. The van der Waals surface area contributed by atoms with E-state index in [1.54, 1.807) is 7.11 Å². The number of hydrogen-bond donors (Lipinski definition) is 1. The van der Waals surface area contributed by atoms with Crippen LogP contribution < -0.4 is 9.47 Å². The van der Waals surface area contributed by atoms with E-state index in [9.17, 15) is 5.02 Å². The van der Waals surface area contributed by atoms with E-state index in [-0.39, 0.29) is 5.92 Å². The van der Waals surface area contributed by atoms with E-state index >= 15 is 0 Å². The van der Waals surface area contributed by atoms with Crippen molar-refractivity contribution in [2.45, 2.75) is 31.2 Å². The number of nitrogens with zero attached hydrogens (tertiary/aromatic N) is 1. The molecule has 2 fully saturated rings. The van der Waals surface area contributed by atoms with Crippen LogP contribution in [-0.2, 0) is 4.65 Å². The van der Waals surface area contributed by atoms with Gasteiger partial charge in [-0.1, -0.05) is 6.07 Å². The molecule has 0 radical (unpaired) electrons. The van der Waals surface area contributed by atoms with Crippen molar-refractivity contribution in [2.75, 3.05) is 13.7 Å². The fraction of sp³-hybridized carbons (Fsp3) is 0.389. The minimum atomic E-state index is -0.668. The summed E-state index contributed by atoms with van der Waals surface area (Å²) in [4.78, 5) is 4.37. The Kier molecular flexibility index (Phi) is 4.16. The average molecular weight is 325 g/mol. The fourth-order valence-corrected chi connectivity index (χ4v) is 2.99. The second-order valence-electron chi connectivity index (χ2n) is 6.41. The van der Waals surface area contributed by atoms with Crippen molar-refractivity contribution in [3.8, 4) is 22.6 Å².